The van der Waals surface area contributed by atoms with E-state index in [1.54, 1.807) is 0 Å². The number of amides is 1. The molecule has 0 bridgehead atoms. The third kappa shape index (κ3) is 3.75. The number of fused-ring (bicyclic) bond motifs is 2. The average molecular weight is 373 g/mol. The molecule has 3 rings (SSSR count). The van der Waals surface area contributed by atoms with Gasteiger partial charge in [-0.3, -0.25) is 10.2 Å². The summed E-state index contributed by atoms with van der Waals surface area (Å²) in [6, 6.07) is 3.71. The SMILES string of the molecule is CC[C@H](NC(=O)c1cc2cc3c(nc2s1)CCC(C(C)(C)C)C3)C(=N)N. The van der Waals surface area contributed by atoms with Gasteiger partial charge in [0.15, 0.2) is 0 Å². The van der Waals surface area contributed by atoms with E-state index in [4.69, 9.17) is 16.1 Å². The molecule has 6 heteroatoms. The van der Waals surface area contributed by atoms with Crippen LogP contribution < -0.4 is 11.1 Å². The number of carbonyl (C=O) groups is 1. The number of nitrogens with two attached hydrogens (primary N) is 1. The molecular formula is C20H28N4OS. The van der Waals surface area contributed by atoms with Gasteiger partial charge in [-0.2, -0.15) is 0 Å². The van der Waals surface area contributed by atoms with Crippen LogP contribution in [0.3, 0.4) is 0 Å². The standard InChI is InChI=1S/C20H28N4OS/c1-5-14(17(21)22)23-18(25)16-10-12-8-11-9-13(20(2,3)4)6-7-15(11)24-19(12)26-16/h8,10,13-14H,5-7,9H2,1-4H3,(H3,21,22)(H,23,25)/t13?,14-/m0/s1. The Hall–Kier alpha value is -1.95. The van der Waals surface area contributed by atoms with Crippen LogP contribution in [-0.4, -0.2) is 22.8 Å². The van der Waals surface area contributed by atoms with E-state index in [-0.39, 0.29) is 11.7 Å². The summed E-state index contributed by atoms with van der Waals surface area (Å²) in [5, 5.41) is 11.4. The molecule has 0 spiro atoms. The smallest absolute Gasteiger partial charge is 0.262 e. The van der Waals surface area contributed by atoms with Gasteiger partial charge in [-0.1, -0.05) is 27.7 Å². The first kappa shape index (κ1) is 18.8. The number of thiophene rings is 1. The second kappa shape index (κ2) is 6.99. The van der Waals surface area contributed by atoms with Gasteiger partial charge < -0.3 is 11.1 Å². The number of amidine groups is 1. The van der Waals surface area contributed by atoms with Gasteiger partial charge in [-0.05, 0) is 54.7 Å². The van der Waals surface area contributed by atoms with Crippen molar-refractivity contribution in [3.63, 3.8) is 0 Å². The van der Waals surface area contributed by atoms with Crippen molar-refractivity contribution in [2.24, 2.45) is 17.1 Å². The first-order valence-corrected chi connectivity index (χ1v) is 10.1. The number of nitrogens with zero attached hydrogens (tertiary/aromatic N) is 1. The highest BCUT2D eigenvalue weighted by molar-refractivity contribution is 7.20. The second-order valence-corrected chi connectivity index (χ2v) is 9.33. The zero-order valence-electron chi connectivity index (χ0n) is 16.0. The van der Waals surface area contributed by atoms with E-state index in [2.05, 4.69) is 32.2 Å². The van der Waals surface area contributed by atoms with Crippen molar-refractivity contribution in [2.75, 3.05) is 0 Å². The number of pyridine rings is 1. The Morgan fingerprint density at radius 2 is 2.19 bits per heavy atom. The predicted octanol–water partition coefficient (Wildman–Crippen LogP) is 3.89. The van der Waals surface area contributed by atoms with Crippen LogP contribution >= 0.6 is 11.3 Å². The molecule has 4 N–H and O–H groups in total. The number of hydrogen-bond donors (Lipinski definition) is 3. The molecule has 0 radical (unpaired) electrons. The van der Waals surface area contributed by atoms with Gasteiger partial charge in [0.2, 0.25) is 0 Å². The molecule has 0 saturated heterocycles. The molecule has 2 aromatic rings. The molecule has 1 unspecified atom stereocenters. The van der Waals surface area contributed by atoms with Crippen LogP contribution in [0.4, 0.5) is 0 Å². The van der Waals surface area contributed by atoms with Crippen LogP contribution in [0.1, 0.15) is 61.5 Å². The van der Waals surface area contributed by atoms with E-state index in [0.29, 0.717) is 22.6 Å². The van der Waals surface area contributed by atoms with Crippen molar-refractivity contribution in [1.82, 2.24) is 10.3 Å². The molecule has 5 nitrogen and oxygen atoms in total. The normalized spacial score (nSPS) is 18.4. The van der Waals surface area contributed by atoms with E-state index in [1.165, 1.54) is 29.0 Å². The molecule has 1 amide bonds. The number of rotatable bonds is 4. The summed E-state index contributed by atoms with van der Waals surface area (Å²) >= 11 is 1.41. The Bertz CT molecular complexity index is 849. The Labute approximate surface area is 158 Å². The van der Waals surface area contributed by atoms with Crippen LogP contribution in [-0.2, 0) is 12.8 Å². The van der Waals surface area contributed by atoms with Crippen molar-refractivity contribution < 1.29 is 4.79 Å². The van der Waals surface area contributed by atoms with Gasteiger partial charge in [0, 0.05) is 11.1 Å². The van der Waals surface area contributed by atoms with Gasteiger partial charge in [0.1, 0.15) is 10.7 Å². The second-order valence-electron chi connectivity index (χ2n) is 8.29. The molecule has 1 aliphatic carbocycles. The summed E-state index contributed by atoms with van der Waals surface area (Å²) in [5.41, 5.74) is 8.34. The molecule has 26 heavy (non-hydrogen) atoms. The Morgan fingerprint density at radius 1 is 1.46 bits per heavy atom. The monoisotopic (exact) mass is 372 g/mol. The summed E-state index contributed by atoms with van der Waals surface area (Å²) < 4.78 is 0. The number of hydrogen-bond acceptors (Lipinski definition) is 4. The topological polar surface area (TPSA) is 91.9 Å². The molecular weight excluding hydrogens is 344 g/mol. The molecule has 2 atom stereocenters. The fraction of sp³-hybridized carbons (Fsp3) is 0.550. The minimum atomic E-state index is -0.415. The van der Waals surface area contributed by atoms with Crippen LogP contribution in [0.15, 0.2) is 12.1 Å². The van der Waals surface area contributed by atoms with Crippen LogP contribution in [0, 0.1) is 16.7 Å². The van der Waals surface area contributed by atoms with Gasteiger partial charge in [-0.25, -0.2) is 4.98 Å². The summed E-state index contributed by atoms with van der Waals surface area (Å²) in [4.78, 5) is 18.9. The number of nitrogens with one attached hydrogen (secondary N) is 2. The molecule has 0 aromatic carbocycles. The van der Waals surface area contributed by atoms with Crippen LogP contribution in [0.25, 0.3) is 10.2 Å². The van der Waals surface area contributed by atoms with Crippen LogP contribution in [0.5, 0.6) is 0 Å². The van der Waals surface area contributed by atoms with Gasteiger partial charge in [0.25, 0.3) is 5.91 Å². The Kier molecular flexibility index (Phi) is 5.06. The molecule has 2 heterocycles. The third-order valence-corrected chi connectivity index (χ3v) is 6.45. The highest BCUT2D eigenvalue weighted by atomic mass is 32.1. The van der Waals surface area contributed by atoms with Gasteiger partial charge in [-0.15, -0.1) is 11.3 Å². The largest absolute Gasteiger partial charge is 0.386 e. The summed E-state index contributed by atoms with van der Waals surface area (Å²) in [6.45, 7) is 8.82. The lowest BCUT2D eigenvalue weighted by atomic mass is 9.71. The zero-order chi connectivity index (χ0) is 19.1. The lowest BCUT2D eigenvalue weighted by Gasteiger charge is -2.34. The number of carbonyl (C=O) groups excluding carboxylic acids is 1. The van der Waals surface area contributed by atoms with E-state index in [0.717, 1.165) is 23.1 Å². The van der Waals surface area contributed by atoms with Gasteiger partial charge in [0.05, 0.1) is 10.9 Å². The van der Waals surface area contributed by atoms with Gasteiger partial charge >= 0.3 is 0 Å². The Balaban J connectivity index is 1.86. The first-order valence-electron chi connectivity index (χ1n) is 9.26. The average Bonchev–Trinajstić information content (AvgIpc) is 2.98. The Morgan fingerprint density at radius 3 is 2.81 bits per heavy atom. The summed E-state index contributed by atoms with van der Waals surface area (Å²) in [6.07, 6.45) is 3.84. The summed E-state index contributed by atoms with van der Waals surface area (Å²) in [5.74, 6) is 0.473. The maximum atomic E-state index is 12.5. The quantitative estimate of drug-likeness (QED) is 0.561. The molecule has 0 aliphatic heterocycles. The van der Waals surface area contributed by atoms with Crippen molar-refractivity contribution in [2.45, 2.75) is 59.4 Å². The fourth-order valence-electron chi connectivity index (χ4n) is 3.60. The third-order valence-electron chi connectivity index (χ3n) is 5.41. The minimum Gasteiger partial charge on any atom is -0.386 e. The minimum absolute atomic E-state index is 0.0104. The highest BCUT2D eigenvalue weighted by Crippen LogP contribution is 2.38. The molecule has 0 saturated carbocycles. The fourth-order valence-corrected chi connectivity index (χ4v) is 4.54. The first-order chi connectivity index (χ1) is 12.2. The summed E-state index contributed by atoms with van der Waals surface area (Å²) in [7, 11) is 0. The van der Waals surface area contributed by atoms with E-state index >= 15 is 0 Å². The van der Waals surface area contributed by atoms with E-state index in [1.807, 2.05) is 13.0 Å². The predicted molar refractivity (Wildman–Crippen MR) is 108 cm³/mol. The van der Waals surface area contributed by atoms with Crippen molar-refractivity contribution in [1.29, 1.82) is 5.41 Å². The van der Waals surface area contributed by atoms with Crippen molar-refractivity contribution in [3.8, 4) is 0 Å². The van der Waals surface area contributed by atoms with E-state index < -0.39 is 6.04 Å². The maximum Gasteiger partial charge on any atom is 0.262 e. The maximum absolute atomic E-state index is 12.5. The lowest BCUT2D eigenvalue weighted by molar-refractivity contribution is 0.0950. The van der Waals surface area contributed by atoms with Crippen molar-refractivity contribution >= 4 is 33.3 Å². The molecule has 2 aromatic heterocycles. The van der Waals surface area contributed by atoms with E-state index in [9.17, 15) is 4.79 Å². The van der Waals surface area contributed by atoms with Crippen LogP contribution in [0.2, 0.25) is 0 Å². The highest BCUT2D eigenvalue weighted by Gasteiger charge is 2.29. The number of aromatic nitrogens is 1. The molecule has 1 aliphatic rings. The molecule has 0 fully saturated rings. The lowest BCUT2D eigenvalue weighted by Crippen LogP contribution is -2.43. The number of aryl methyl sites for hydroxylation is 1. The molecule has 140 valence electrons. The van der Waals surface area contributed by atoms with Crippen molar-refractivity contribution in [3.05, 3.63) is 28.3 Å². The zero-order valence-corrected chi connectivity index (χ0v) is 16.8.